The van der Waals surface area contributed by atoms with E-state index in [4.69, 9.17) is 5.73 Å². The minimum atomic E-state index is -3.41. The predicted octanol–water partition coefficient (Wildman–Crippen LogP) is 0.0407. The van der Waals surface area contributed by atoms with Gasteiger partial charge in [0, 0.05) is 32.0 Å². The van der Waals surface area contributed by atoms with Gasteiger partial charge in [0.1, 0.15) is 0 Å². The molecule has 0 spiro atoms. The van der Waals surface area contributed by atoms with Crippen LogP contribution in [0.2, 0.25) is 0 Å². The van der Waals surface area contributed by atoms with Crippen LogP contribution in [-0.4, -0.2) is 25.6 Å². The number of hydrogen-bond donors (Lipinski definition) is 2. The Morgan fingerprint density at radius 2 is 2.27 bits per heavy atom. The third kappa shape index (κ3) is 3.05. The second-order valence-corrected chi connectivity index (χ2v) is 5.19. The summed E-state index contributed by atoms with van der Waals surface area (Å²) >= 11 is 0. The van der Waals surface area contributed by atoms with E-state index in [0.29, 0.717) is 13.0 Å². The van der Waals surface area contributed by atoms with Gasteiger partial charge in [-0.1, -0.05) is 6.92 Å². The van der Waals surface area contributed by atoms with E-state index in [1.807, 2.05) is 6.92 Å². The van der Waals surface area contributed by atoms with Crippen molar-refractivity contribution >= 4 is 10.0 Å². The highest BCUT2D eigenvalue weighted by Crippen LogP contribution is 2.09. The van der Waals surface area contributed by atoms with Crippen LogP contribution in [-0.2, 0) is 17.1 Å². The molecule has 3 N–H and O–H groups in total. The number of aryl methyl sites for hydroxylation is 1. The molecule has 1 aromatic heterocycles. The Morgan fingerprint density at radius 3 is 2.67 bits per heavy atom. The molecule has 0 aromatic carbocycles. The van der Waals surface area contributed by atoms with Gasteiger partial charge in [-0.2, -0.15) is 0 Å². The maximum absolute atomic E-state index is 11.8. The highest BCUT2D eigenvalue weighted by atomic mass is 32.2. The van der Waals surface area contributed by atoms with Gasteiger partial charge in [0.2, 0.25) is 10.0 Å². The number of sulfonamides is 1. The Balaban J connectivity index is 2.84. The molecule has 0 bridgehead atoms. The normalized spacial score (nSPS) is 14.1. The summed E-state index contributed by atoms with van der Waals surface area (Å²) in [4.78, 5) is 0.275. The zero-order valence-electron chi connectivity index (χ0n) is 8.97. The topological polar surface area (TPSA) is 77.1 Å². The molecule has 0 amide bonds. The van der Waals surface area contributed by atoms with Gasteiger partial charge in [-0.05, 0) is 12.5 Å². The molecule has 0 saturated heterocycles. The van der Waals surface area contributed by atoms with Crippen LogP contribution in [0.3, 0.4) is 0 Å². The molecule has 0 aliphatic heterocycles. The highest BCUT2D eigenvalue weighted by Gasteiger charge is 2.18. The van der Waals surface area contributed by atoms with Crippen molar-refractivity contribution in [1.29, 1.82) is 0 Å². The summed E-state index contributed by atoms with van der Waals surface area (Å²) in [5.74, 6) is 0. The van der Waals surface area contributed by atoms with E-state index >= 15 is 0 Å². The van der Waals surface area contributed by atoms with E-state index in [2.05, 4.69) is 4.72 Å². The van der Waals surface area contributed by atoms with Gasteiger partial charge in [0.15, 0.2) is 0 Å². The highest BCUT2D eigenvalue weighted by molar-refractivity contribution is 7.89. The lowest BCUT2D eigenvalue weighted by molar-refractivity contribution is 0.542. The fourth-order valence-corrected chi connectivity index (χ4v) is 2.61. The van der Waals surface area contributed by atoms with Crippen molar-refractivity contribution in [2.75, 3.05) is 6.54 Å². The lowest BCUT2D eigenvalue weighted by atomic mass is 10.2. The number of rotatable bonds is 5. The monoisotopic (exact) mass is 231 g/mol. The molecule has 1 unspecified atom stereocenters. The van der Waals surface area contributed by atoms with E-state index in [1.165, 1.54) is 0 Å². The summed E-state index contributed by atoms with van der Waals surface area (Å²) in [6.45, 7) is 2.20. The standard InChI is InChI=1S/C9H17N3O2S/c1-3-8(6-10)11-15(13,14)9-4-5-12(2)7-9/h4-5,7-8,11H,3,6,10H2,1-2H3. The van der Waals surface area contributed by atoms with Crippen LogP contribution < -0.4 is 10.5 Å². The van der Waals surface area contributed by atoms with Crippen LogP contribution in [0.25, 0.3) is 0 Å². The first kappa shape index (κ1) is 12.2. The summed E-state index contributed by atoms with van der Waals surface area (Å²) in [7, 11) is -1.64. The van der Waals surface area contributed by atoms with Crippen LogP contribution in [0.1, 0.15) is 13.3 Å². The molecule has 1 heterocycles. The number of nitrogens with one attached hydrogen (secondary N) is 1. The molecule has 0 aliphatic carbocycles. The summed E-state index contributed by atoms with van der Waals surface area (Å²) in [6.07, 6.45) is 3.94. The molecule has 1 rings (SSSR count). The lowest BCUT2D eigenvalue weighted by Crippen LogP contribution is -2.39. The van der Waals surface area contributed by atoms with E-state index < -0.39 is 10.0 Å². The zero-order valence-corrected chi connectivity index (χ0v) is 9.79. The second kappa shape index (κ2) is 4.78. The number of aromatic nitrogens is 1. The molecule has 0 aliphatic rings. The Bertz CT molecular complexity index is 407. The van der Waals surface area contributed by atoms with Crippen molar-refractivity contribution in [2.24, 2.45) is 12.8 Å². The average molecular weight is 231 g/mol. The van der Waals surface area contributed by atoms with Gasteiger partial charge in [-0.25, -0.2) is 13.1 Å². The first-order valence-electron chi connectivity index (χ1n) is 4.84. The second-order valence-electron chi connectivity index (χ2n) is 3.47. The maximum atomic E-state index is 11.8. The summed E-state index contributed by atoms with van der Waals surface area (Å²) in [5.41, 5.74) is 5.44. The van der Waals surface area contributed by atoms with Gasteiger partial charge in [-0.3, -0.25) is 0 Å². The predicted molar refractivity (Wildman–Crippen MR) is 58.9 cm³/mol. The zero-order chi connectivity index (χ0) is 11.5. The molecule has 86 valence electrons. The van der Waals surface area contributed by atoms with Crippen LogP contribution in [0.5, 0.6) is 0 Å². The van der Waals surface area contributed by atoms with Crippen molar-refractivity contribution in [3.8, 4) is 0 Å². The van der Waals surface area contributed by atoms with Gasteiger partial charge >= 0.3 is 0 Å². The quantitative estimate of drug-likeness (QED) is 0.751. The van der Waals surface area contributed by atoms with Crippen molar-refractivity contribution in [3.63, 3.8) is 0 Å². The molecule has 0 saturated carbocycles. The van der Waals surface area contributed by atoms with Crippen molar-refractivity contribution in [2.45, 2.75) is 24.3 Å². The molecular formula is C9H17N3O2S. The Kier molecular flexibility index (Phi) is 3.90. The van der Waals surface area contributed by atoms with Crippen LogP contribution in [0, 0.1) is 0 Å². The molecule has 1 aromatic rings. The third-order valence-electron chi connectivity index (χ3n) is 2.21. The number of hydrogen-bond acceptors (Lipinski definition) is 3. The molecular weight excluding hydrogens is 214 g/mol. The van der Waals surface area contributed by atoms with Gasteiger partial charge in [0.25, 0.3) is 0 Å². The van der Waals surface area contributed by atoms with Gasteiger partial charge in [-0.15, -0.1) is 0 Å². The largest absolute Gasteiger partial charge is 0.356 e. The van der Waals surface area contributed by atoms with Crippen LogP contribution in [0.4, 0.5) is 0 Å². The van der Waals surface area contributed by atoms with Crippen molar-refractivity contribution in [3.05, 3.63) is 18.5 Å². The van der Waals surface area contributed by atoms with E-state index in [9.17, 15) is 8.42 Å². The average Bonchev–Trinajstić information content (AvgIpc) is 2.62. The van der Waals surface area contributed by atoms with Crippen LogP contribution in [0.15, 0.2) is 23.4 Å². The summed E-state index contributed by atoms with van der Waals surface area (Å²) < 4.78 is 27.8. The number of nitrogens with zero attached hydrogens (tertiary/aromatic N) is 1. The summed E-state index contributed by atoms with van der Waals surface area (Å²) in [5, 5.41) is 0. The Labute approximate surface area is 90.3 Å². The van der Waals surface area contributed by atoms with E-state index in [-0.39, 0.29) is 10.9 Å². The third-order valence-corrected chi connectivity index (χ3v) is 3.72. The maximum Gasteiger partial charge on any atom is 0.242 e. The summed E-state index contributed by atoms with van der Waals surface area (Å²) in [6, 6.07) is 1.36. The molecule has 0 radical (unpaired) electrons. The van der Waals surface area contributed by atoms with Crippen molar-refractivity contribution in [1.82, 2.24) is 9.29 Å². The molecule has 6 heteroatoms. The Hall–Kier alpha value is -0.850. The minimum Gasteiger partial charge on any atom is -0.356 e. The van der Waals surface area contributed by atoms with E-state index in [1.54, 1.807) is 30.1 Å². The number of nitrogens with two attached hydrogens (primary N) is 1. The molecule has 0 fully saturated rings. The first-order valence-corrected chi connectivity index (χ1v) is 6.32. The van der Waals surface area contributed by atoms with Crippen molar-refractivity contribution < 1.29 is 8.42 Å². The fourth-order valence-electron chi connectivity index (χ4n) is 1.22. The van der Waals surface area contributed by atoms with Gasteiger partial charge < -0.3 is 10.3 Å². The SMILES string of the molecule is CCC(CN)NS(=O)(=O)c1ccn(C)c1. The molecule has 15 heavy (non-hydrogen) atoms. The molecule has 1 atom stereocenters. The lowest BCUT2D eigenvalue weighted by Gasteiger charge is -2.13. The van der Waals surface area contributed by atoms with Gasteiger partial charge in [0.05, 0.1) is 4.90 Å². The molecule has 5 nitrogen and oxygen atoms in total. The van der Waals surface area contributed by atoms with E-state index in [0.717, 1.165) is 0 Å². The first-order chi connectivity index (χ1) is 6.99. The Morgan fingerprint density at radius 1 is 1.60 bits per heavy atom. The van der Waals surface area contributed by atoms with Crippen LogP contribution >= 0.6 is 0 Å². The smallest absolute Gasteiger partial charge is 0.242 e. The fraction of sp³-hybridized carbons (Fsp3) is 0.556. The minimum absolute atomic E-state index is 0.199.